The van der Waals surface area contributed by atoms with Crippen molar-refractivity contribution in [3.05, 3.63) is 29.8 Å². The van der Waals surface area contributed by atoms with E-state index in [0.29, 0.717) is 19.6 Å². The number of nitrogens with one attached hydrogen (secondary N) is 1. The molecule has 0 aliphatic carbocycles. The number of para-hydroxylation sites is 1. The lowest BCUT2D eigenvalue weighted by molar-refractivity contribution is -0.135. The normalized spacial score (nSPS) is 16.3. The fourth-order valence-electron chi connectivity index (χ4n) is 3.01. The van der Waals surface area contributed by atoms with Crippen LogP contribution in [-0.4, -0.2) is 54.9 Å². The van der Waals surface area contributed by atoms with Crippen LogP contribution < -0.4 is 21.5 Å². The molecule has 1 aromatic rings. The van der Waals surface area contributed by atoms with Gasteiger partial charge in [-0.15, -0.1) is 0 Å². The van der Waals surface area contributed by atoms with E-state index in [-0.39, 0.29) is 42.2 Å². The summed E-state index contributed by atoms with van der Waals surface area (Å²) in [5.41, 5.74) is 10.9. The molecular formula is C18H26N4O4. The smallest absolute Gasteiger partial charge is 0.260 e. The van der Waals surface area contributed by atoms with E-state index in [1.54, 1.807) is 29.2 Å². The highest BCUT2D eigenvalue weighted by Gasteiger charge is 2.30. The van der Waals surface area contributed by atoms with E-state index in [1.165, 1.54) is 0 Å². The van der Waals surface area contributed by atoms with Gasteiger partial charge in [-0.1, -0.05) is 12.1 Å². The summed E-state index contributed by atoms with van der Waals surface area (Å²) < 4.78 is 5.50. The van der Waals surface area contributed by atoms with Gasteiger partial charge in [-0.25, -0.2) is 0 Å². The van der Waals surface area contributed by atoms with Crippen molar-refractivity contribution >= 4 is 17.7 Å². The van der Waals surface area contributed by atoms with Crippen LogP contribution in [0.5, 0.6) is 5.75 Å². The number of nitrogens with zero attached hydrogens (tertiary/aromatic N) is 1. The predicted octanol–water partition coefficient (Wildman–Crippen LogP) is 0.0104. The van der Waals surface area contributed by atoms with Gasteiger partial charge in [0.1, 0.15) is 5.75 Å². The highest BCUT2D eigenvalue weighted by Crippen LogP contribution is 2.21. The molecule has 8 nitrogen and oxygen atoms in total. The van der Waals surface area contributed by atoms with Crippen molar-refractivity contribution in [3.8, 4) is 5.75 Å². The van der Waals surface area contributed by atoms with Gasteiger partial charge in [0.2, 0.25) is 5.91 Å². The van der Waals surface area contributed by atoms with E-state index in [0.717, 1.165) is 19.3 Å². The average Bonchev–Trinajstić information content (AvgIpc) is 3.08. The Morgan fingerprint density at radius 1 is 1.27 bits per heavy atom. The number of likely N-dealkylation sites (tertiary alicyclic amines) is 1. The quantitative estimate of drug-likeness (QED) is 0.533. The van der Waals surface area contributed by atoms with Crippen LogP contribution in [0.4, 0.5) is 0 Å². The van der Waals surface area contributed by atoms with Gasteiger partial charge in [0, 0.05) is 25.6 Å². The second-order valence-corrected chi connectivity index (χ2v) is 6.23. The van der Waals surface area contributed by atoms with Crippen molar-refractivity contribution in [2.45, 2.75) is 31.7 Å². The Balaban J connectivity index is 1.88. The van der Waals surface area contributed by atoms with E-state index in [1.807, 2.05) is 0 Å². The maximum atomic E-state index is 12.5. The Morgan fingerprint density at radius 2 is 2.04 bits per heavy atom. The number of amides is 3. The summed E-state index contributed by atoms with van der Waals surface area (Å²) in [6.45, 7) is 1.47. The predicted molar refractivity (Wildman–Crippen MR) is 96.5 cm³/mol. The highest BCUT2D eigenvalue weighted by molar-refractivity contribution is 5.95. The first-order valence-corrected chi connectivity index (χ1v) is 8.80. The Bertz CT molecular complexity index is 650. The molecule has 0 bridgehead atoms. The molecule has 26 heavy (non-hydrogen) atoms. The third-order valence-electron chi connectivity index (χ3n) is 4.33. The third-order valence-corrected chi connectivity index (χ3v) is 4.33. The summed E-state index contributed by atoms with van der Waals surface area (Å²) in [6.07, 6.45) is 2.64. The standard InChI is InChI=1S/C18H26N4O4/c19-8-4-9-21-16(23)11-13-5-3-10-22(13)17(24)12-26-15-7-2-1-6-14(15)18(20)25/h1-2,6-7,13H,3-5,8-12,19H2,(H2,20,25)(H,21,23). The van der Waals surface area contributed by atoms with Gasteiger partial charge in [-0.3, -0.25) is 14.4 Å². The van der Waals surface area contributed by atoms with Crippen molar-refractivity contribution in [2.75, 3.05) is 26.2 Å². The van der Waals surface area contributed by atoms with Crippen LogP contribution in [0.25, 0.3) is 0 Å². The first-order chi connectivity index (χ1) is 12.5. The molecule has 0 spiro atoms. The zero-order chi connectivity index (χ0) is 18.9. The van der Waals surface area contributed by atoms with Crippen molar-refractivity contribution in [1.29, 1.82) is 0 Å². The zero-order valence-electron chi connectivity index (χ0n) is 14.8. The number of carbonyl (C=O) groups is 3. The number of carbonyl (C=O) groups excluding carboxylic acids is 3. The molecule has 1 unspecified atom stereocenters. The molecule has 8 heteroatoms. The molecule has 2 rings (SSSR count). The van der Waals surface area contributed by atoms with E-state index in [2.05, 4.69) is 5.32 Å². The van der Waals surface area contributed by atoms with Gasteiger partial charge in [-0.2, -0.15) is 0 Å². The fourth-order valence-corrected chi connectivity index (χ4v) is 3.01. The first-order valence-electron chi connectivity index (χ1n) is 8.80. The topological polar surface area (TPSA) is 128 Å². The molecule has 1 aliphatic heterocycles. The maximum absolute atomic E-state index is 12.5. The lowest BCUT2D eigenvalue weighted by Crippen LogP contribution is -2.41. The molecule has 1 aliphatic rings. The summed E-state index contributed by atoms with van der Waals surface area (Å²) in [7, 11) is 0. The molecule has 1 atom stereocenters. The number of nitrogens with two attached hydrogens (primary N) is 2. The van der Waals surface area contributed by atoms with Crippen molar-refractivity contribution < 1.29 is 19.1 Å². The molecule has 5 N–H and O–H groups in total. The Kier molecular flexibility index (Phi) is 7.40. The molecule has 0 aromatic heterocycles. The van der Waals surface area contributed by atoms with Crippen LogP contribution in [0.2, 0.25) is 0 Å². The Labute approximate surface area is 152 Å². The lowest BCUT2D eigenvalue weighted by Gasteiger charge is -2.24. The van der Waals surface area contributed by atoms with E-state index in [9.17, 15) is 14.4 Å². The summed E-state index contributed by atoms with van der Waals surface area (Å²) in [5, 5.41) is 2.81. The monoisotopic (exact) mass is 362 g/mol. The largest absolute Gasteiger partial charge is 0.483 e. The van der Waals surface area contributed by atoms with Crippen LogP contribution in [0.1, 0.15) is 36.0 Å². The number of primary amides is 1. The molecular weight excluding hydrogens is 336 g/mol. The van der Waals surface area contributed by atoms with Crippen LogP contribution in [0.15, 0.2) is 24.3 Å². The number of ether oxygens (including phenoxy) is 1. The van der Waals surface area contributed by atoms with Gasteiger partial charge < -0.3 is 26.4 Å². The third kappa shape index (κ3) is 5.45. The Morgan fingerprint density at radius 3 is 2.77 bits per heavy atom. The van der Waals surface area contributed by atoms with Crippen molar-refractivity contribution in [2.24, 2.45) is 11.5 Å². The molecule has 1 saturated heterocycles. The minimum absolute atomic E-state index is 0.0804. The first kappa shape index (κ1) is 19.7. The van der Waals surface area contributed by atoms with E-state index >= 15 is 0 Å². The SMILES string of the molecule is NCCCNC(=O)CC1CCCN1C(=O)COc1ccccc1C(N)=O. The Hall–Kier alpha value is -2.61. The lowest BCUT2D eigenvalue weighted by atomic mass is 10.1. The van der Waals surface area contributed by atoms with Crippen LogP contribution >= 0.6 is 0 Å². The van der Waals surface area contributed by atoms with Crippen LogP contribution in [0, 0.1) is 0 Å². The van der Waals surface area contributed by atoms with Gasteiger partial charge in [-0.05, 0) is 37.9 Å². The van der Waals surface area contributed by atoms with Crippen LogP contribution in [0.3, 0.4) is 0 Å². The van der Waals surface area contributed by atoms with Gasteiger partial charge >= 0.3 is 0 Å². The second-order valence-electron chi connectivity index (χ2n) is 6.23. The second kappa shape index (κ2) is 9.76. The average molecular weight is 362 g/mol. The maximum Gasteiger partial charge on any atom is 0.260 e. The number of benzene rings is 1. The molecule has 1 aromatic carbocycles. The summed E-state index contributed by atoms with van der Waals surface area (Å²) in [4.78, 5) is 37.5. The van der Waals surface area contributed by atoms with Gasteiger partial charge in [0.15, 0.2) is 6.61 Å². The van der Waals surface area contributed by atoms with Gasteiger partial charge in [0.25, 0.3) is 11.8 Å². The van der Waals surface area contributed by atoms with E-state index in [4.69, 9.17) is 16.2 Å². The molecule has 142 valence electrons. The van der Waals surface area contributed by atoms with Crippen LogP contribution in [-0.2, 0) is 9.59 Å². The summed E-state index contributed by atoms with van der Waals surface area (Å²) >= 11 is 0. The molecule has 0 radical (unpaired) electrons. The highest BCUT2D eigenvalue weighted by atomic mass is 16.5. The van der Waals surface area contributed by atoms with Crippen molar-refractivity contribution in [3.63, 3.8) is 0 Å². The minimum Gasteiger partial charge on any atom is -0.483 e. The van der Waals surface area contributed by atoms with E-state index < -0.39 is 5.91 Å². The summed E-state index contributed by atoms with van der Waals surface area (Å²) in [5.74, 6) is -0.616. The number of hydrogen-bond donors (Lipinski definition) is 3. The molecule has 3 amide bonds. The zero-order valence-corrected chi connectivity index (χ0v) is 14.8. The number of hydrogen-bond acceptors (Lipinski definition) is 5. The van der Waals surface area contributed by atoms with Gasteiger partial charge in [0.05, 0.1) is 5.56 Å². The molecule has 1 fully saturated rings. The molecule has 0 saturated carbocycles. The fraction of sp³-hybridized carbons (Fsp3) is 0.500. The van der Waals surface area contributed by atoms with Crippen molar-refractivity contribution in [1.82, 2.24) is 10.2 Å². The number of rotatable bonds is 9. The summed E-state index contributed by atoms with van der Waals surface area (Å²) in [6, 6.07) is 6.40. The molecule has 1 heterocycles. The minimum atomic E-state index is -0.610.